The van der Waals surface area contributed by atoms with E-state index in [9.17, 15) is 0 Å². The molecule has 0 spiro atoms. The maximum atomic E-state index is 5.81. The van der Waals surface area contributed by atoms with Gasteiger partial charge in [0.1, 0.15) is 16.5 Å². The number of hydrogen-bond acceptors (Lipinski definition) is 2. The summed E-state index contributed by atoms with van der Waals surface area (Å²) in [6.45, 7) is 1.11. The van der Waals surface area contributed by atoms with Gasteiger partial charge in [-0.25, -0.2) is 4.98 Å². The van der Waals surface area contributed by atoms with Crippen LogP contribution in [0.1, 0.15) is 61.7 Å². The molecule has 1 aromatic rings. The number of imidazole rings is 1. The highest BCUT2D eigenvalue weighted by molar-refractivity contribution is 7.80. The van der Waals surface area contributed by atoms with E-state index in [0.29, 0.717) is 10.9 Å². The van der Waals surface area contributed by atoms with Crippen LogP contribution < -0.4 is 5.73 Å². The predicted molar refractivity (Wildman–Crippen MR) is 72.3 cm³/mol. The van der Waals surface area contributed by atoms with Crippen molar-refractivity contribution >= 4 is 17.2 Å². The van der Waals surface area contributed by atoms with Gasteiger partial charge in [-0.3, -0.25) is 0 Å². The van der Waals surface area contributed by atoms with Crippen LogP contribution in [0.4, 0.5) is 0 Å². The molecule has 0 amide bonds. The minimum absolute atomic E-state index is 0.472. The lowest BCUT2D eigenvalue weighted by atomic mass is 10.1. The third kappa shape index (κ3) is 1.88. The van der Waals surface area contributed by atoms with E-state index in [0.717, 1.165) is 18.7 Å². The summed E-state index contributed by atoms with van der Waals surface area (Å²) in [5.41, 5.74) is 8.01. The highest BCUT2D eigenvalue weighted by atomic mass is 32.1. The monoisotopic (exact) mass is 249 g/mol. The molecular formula is C13H19N3S. The molecular weight excluding hydrogens is 230 g/mol. The van der Waals surface area contributed by atoms with Gasteiger partial charge < -0.3 is 10.3 Å². The van der Waals surface area contributed by atoms with E-state index in [4.69, 9.17) is 22.9 Å². The molecule has 0 unspecified atom stereocenters. The fourth-order valence-electron chi connectivity index (χ4n) is 3.26. The maximum absolute atomic E-state index is 5.81. The van der Waals surface area contributed by atoms with E-state index in [1.54, 1.807) is 0 Å². The normalized spacial score (nSPS) is 20.5. The molecule has 2 N–H and O–H groups in total. The van der Waals surface area contributed by atoms with Crippen LogP contribution in [0.15, 0.2) is 0 Å². The summed E-state index contributed by atoms with van der Waals surface area (Å²) in [5.74, 6) is 1.91. The van der Waals surface area contributed by atoms with Gasteiger partial charge >= 0.3 is 0 Å². The van der Waals surface area contributed by atoms with Gasteiger partial charge in [0.15, 0.2) is 0 Å². The average Bonchev–Trinajstić information content (AvgIpc) is 2.95. The molecule has 17 heavy (non-hydrogen) atoms. The van der Waals surface area contributed by atoms with Crippen LogP contribution in [-0.4, -0.2) is 14.5 Å². The van der Waals surface area contributed by atoms with E-state index in [1.807, 2.05) is 0 Å². The Morgan fingerprint density at radius 2 is 2.00 bits per heavy atom. The van der Waals surface area contributed by atoms with Crippen LogP contribution in [0, 0.1) is 0 Å². The first-order valence-electron chi connectivity index (χ1n) is 6.66. The molecule has 1 aromatic heterocycles. The van der Waals surface area contributed by atoms with Crippen molar-refractivity contribution in [2.24, 2.45) is 5.73 Å². The van der Waals surface area contributed by atoms with Crippen molar-refractivity contribution in [2.45, 2.75) is 57.4 Å². The van der Waals surface area contributed by atoms with Gasteiger partial charge in [0, 0.05) is 18.2 Å². The Morgan fingerprint density at radius 1 is 1.24 bits per heavy atom. The Balaban J connectivity index is 2.05. The summed E-state index contributed by atoms with van der Waals surface area (Å²) in [6.07, 6.45) is 8.85. The second-order valence-electron chi connectivity index (χ2n) is 5.22. The standard InChI is InChI=1S/C13H19N3S/c14-12(17)11-10-7-3-4-8-16(10)13(15-11)9-5-1-2-6-9/h9H,1-8H2,(H2,14,17). The van der Waals surface area contributed by atoms with E-state index in [2.05, 4.69) is 4.57 Å². The Labute approximate surface area is 107 Å². The lowest BCUT2D eigenvalue weighted by Gasteiger charge is -2.19. The Hall–Kier alpha value is -0.900. The fraction of sp³-hybridized carbons (Fsp3) is 0.692. The molecule has 92 valence electrons. The molecule has 0 bridgehead atoms. The molecule has 0 saturated heterocycles. The molecule has 0 atom stereocenters. The molecule has 1 fully saturated rings. The van der Waals surface area contributed by atoms with Gasteiger partial charge in [0.25, 0.3) is 0 Å². The van der Waals surface area contributed by atoms with Crippen molar-refractivity contribution in [3.63, 3.8) is 0 Å². The highest BCUT2D eigenvalue weighted by Gasteiger charge is 2.27. The number of nitrogens with zero attached hydrogens (tertiary/aromatic N) is 2. The topological polar surface area (TPSA) is 43.8 Å². The SMILES string of the molecule is NC(=S)c1nc(C2CCCC2)n2c1CCCC2. The van der Waals surface area contributed by atoms with Crippen LogP contribution in [0.2, 0.25) is 0 Å². The Kier molecular flexibility index (Phi) is 2.90. The second-order valence-corrected chi connectivity index (χ2v) is 5.66. The molecule has 4 heteroatoms. The lowest BCUT2D eigenvalue weighted by molar-refractivity contribution is 0.493. The van der Waals surface area contributed by atoms with Gasteiger partial charge in [0.2, 0.25) is 0 Å². The number of hydrogen-bond donors (Lipinski definition) is 1. The zero-order valence-electron chi connectivity index (χ0n) is 10.1. The second kappa shape index (κ2) is 4.41. The summed E-state index contributed by atoms with van der Waals surface area (Å²) in [7, 11) is 0. The molecule has 1 aliphatic carbocycles. The third-order valence-electron chi connectivity index (χ3n) is 4.10. The average molecular weight is 249 g/mol. The van der Waals surface area contributed by atoms with E-state index in [-0.39, 0.29) is 0 Å². The third-order valence-corrected chi connectivity index (χ3v) is 4.29. The fourth-order valence-corrected chi connectivity index (χ4v) is 3.43. The summed E-state index contributed by atoms with van der Waals surface area (Å²) in [6, 6.07) is 0. The zero-order valence-corrected chi connectivity index (χ0v) is 10.9. The van der Waals surface area contributed by atoms with Crippen molar-refractivity contribution in [2.75, 3.05) is 0 Å². The van der Waals surface area contributed by atoms with Crippen molar-refractivity contribution < 1.29 is 0 Å². The molecule has 0 radical (unpaired) electrons. The summed E-state index contributed by atoms with van der Waals surface area (Å²) < 4.78 is 2.41. The van der Waals surface area contributed by atoms with Crippen LogP contribution in [0.3, 0.4) is 0 Å². The number of fused-ring (bicyclic) bond motifs is 1. The van der Waals surface area contributed by atoms with Crippen LogP contribution in [-0.2, 0) is 13.0 Å². The number of aromatic nitrogens is 2. The smallest absolute Gasteiger partial charge is 0.124 e. The van der Waals surface area contributed by atoms with Gasteiger partial charge in [-0.2, -0.15) is 0 Å². The van der Waals surface area contributed by atoms with Gasteiger partial charge in [-0.1, -0.05) is 25.1 Å². The molecule has 1 saturated carbocycles. The Morgan fingerprint density at radius 3 is 2.71 bits per heavy atom. The number of thiocarbonyl (C=S) groups is 1. The lowest BCUT2D eigenvalue weighted by Crippen LogP contribution is -2.17. The summed E-state index contributed by atoms with van der Waals surface area (Å²) in [5, 5.41) is 0. The Bertz CT molecular complexity index is 444. The van der Waals surface area contributed by atoms with Crippen LogP contribution in [0.5, 0.6) is 0 Å². The number of nitrogens with two attached hydrogens (primary N) is 1. The predicted octanol–water partition coefficient (Wildman–Crippen LogP) is 2.51. The van der Waals surface area contributed by atoms with Gasteiger partial charge in [-0.15, -0.1) is 0 Å². The largest absolute Gasteiger partial charge is 0.388 e. The van der Waals surface area contributed by atoms with Crippen molar-refractivity contribution in [3.8, 4) is 0 Å². The van der Waals surface area contributed by atoms with Crippen LogP contribution in [0.25, 0.3) is 0 Å². The van der Waals surface area contributed by atoms with Crippen LogP contribution >= 0.6 is 12.2 Å². The van der Waals surface area contributed by atoms with Gasteiger partial charge in [0.05, 0.1) is 0 Å². The molecule has 2 aliphatic rings. The molecule has 3 nitrogen and oxygen atoms in total. The van der Waals surface area contributed by atoms with Crippen molar-refractivity contribution in [3.05, 3.63) is 17.2 Å². The van der Waals surface area contributed by atoms with E-state index >= 15 is 0 Å². The van der Waals surface area contributed by atoms with E-state index in [1.165, 1.54) is 50.0 Å². The first-order chi connectivity index (χ1) is 8.27. The quantitative estimate of drug-likeness (QED) is 0.819. The summed E-state index contributed by atoms with van der Waals surface area (Å²) >= 11 is 5.14. The molecule has 1 aliphatic heterocycles. The van der Waals surface area contributed by atoms with E-state index < -0.39 is 0 Å². The summed E-state index contributed by atoms with van der Waals surface area (Å²) in [4.78, 5) is 5.24. The molecule has 0 aromatic carbocycles. The zero-order chi connectivity index (χ0) is 11.8. The van der Waals surface area contributed by atoms with Crippen molar-refractivity contribution in [1.82, 2.24) is 9.55 Å². The maximum Gasteiger partial charge on any atom is 0.124 e. The number of rotatable bonds is 2. The molecule has 2 heterocycles. The minimum Gasteiger partial charge on any atom is -0.388 e. The first kappa shape index (κ1) is 11.2. The van der Waals surface area contributed by atoms with Gasteiger partial charge in [-0.05, 0) is 32.1 Å². The first-order valence-corrected chi connectivity index (χ1v) is 7.07. The minimum atomic E-state index is 0.472. The van der Waals surface area contributed by atoms with Crippen molar-refractivity contribution in [1.29, 1.82) is 0 Å². The highest BCUT2D eigenvalue weighted by Crippen LogP contribution is 2.35. The molecule has 3 rings (SSSR count).